The molecule has 0 saturated heterocycles. The predicted octanol–water partition coefficient (Wildman–Crippen LogP) is 2.37. The van der Waals surface area contributed by atoms with Crippen molar-refractivity contribution < 1.29 is 13.9 Å². The van der Waals surface area contributed by atoms with Crippen LogP contribution in [0, 0.1) is 0 Å². The summed E-state index contributed by atoms with van der Waals surface area (Å²) in [5, 5.41) is 7.95. The van der Waals surface area contributed by atoms with E-state index in [0.717, 1.165) is 6.42 Å². The molecule has 0 radical (unpaired) electrons. The average Bonchev–Trinajstić information content (AvgIpc) is 1.78. The van der Waals surface area contributed by atoms with Crippen LogP contribution in [0.5, 0.6) is 0 Å². The minimum atomic E-state index is -3.49. The van der Waals surface area contributed by atoms with Crippen molar-refractivity contribution in [3.8, 4) is 0 Å². The molecule has 1 nitrogen and oxygen atoms in total. The lowest BCUT2D eigenvalue weighted by Crippen LogP contribution is -2.13. The van der Waals surface area contributed by atoms with Gasteiger partial charge in [-0.2, -0.15) is 8.78 Å². The Kier molecular flexibility index (Phi) is 4.91. The maximum atomic E-state index is 11.7. The fourth-order valence-electron chi connectivity index (χ4n) is 0.609. The minimum absolute atomic E-state index is 0.330. The second kappa shape index (κ2) is 4.85. The standard InChI is InChI=1S/C6H11ClF2O/c7-5-3-1-2-4-6(8,9)10/h10H,1-5H2. The summed E-state index contributed by atoms with van der Waals surface area (Å²) < 4.78 is 23.3. The SMILES string of the molecule is OC(F)(F)CCCCCCl. The highest BCUT2D eigenvalue weighted by atomic mass is 35.5. The molecule has 1 N–H and O–H groups in total. The van der Waals surface area contributed by atoms with Crippen LogP contribution in [0.15, 0.2) is 0 Å². The van der Waals surface area contributed by atoms with E-state index >= 15 is 0 Å². The van der Waals surface area contributed by atoms with Crippen LogP contribution in [0.4, 0.5) is 8.78 Å². The van der Waals surface area contributed by atoms with Crippen LogP contribution in [-0.4, -0.2) is 17.1 Å². The molecule has 10 heavy (non-hydrogen) atoms. The third-order valence-electron chi connectivity index (χ3n) is 1.11. The van der Waals surface area contributed by atoms with Gasteiger partial charge in [0.1, 0.15) is 0 Å². The molecule has 0 atom stereocenters. The van der Waals surface area contributed by atoms with Gasteiger partial charge in [0.05, 0.1) is 0 Å². The number of hydrogen-bond donors (Lipinski definition) is 1. The Morgan fingerprint density at radius 1 is 1.20 bits per heavy atom. The quantitative estimate of drug-likeness (QED) is 0.499. The second-order valence-corrected chi connectivity index (χ2v) is 2.54. The summed E-state index contributed by atoms with van der Waals surface area (Å²) in [6, 6.07) is 0. The van der Waals surface area contributed by atoms with Crippen LogP contribution < -0.4 is 0 Å². The summed E-state index contributed by atoms with van der Waals surface area (Å²) in [6.45, 7) is 0. The number of halogens is 3. The molecule has 4 heteroatoms. The Bertz CT molecular complexity index is 82.3. The summed E-state index contributed by atoms with van der Waals surface area (Å²) in [7, 11) is 0. The van der Waals surface area contributed by atoms with E-state index < -0.39 is 12.5 Å². The smallest absolute Gasteiger partial charge is 0.336 e. The topological polar surface area (TPSA) is 20.2 Å². The number of unbranched alkanes of at least 4 members (excludes halogenated alkanes) is 2. The lowest BCUT2D eigenvalue weighted by atomic mass is 10.2. The Labute approximate surface area is 64.0 Å². The van der Waals surface area contributed by atoms with Crippen molar-refractivity contribution >= 4 is 11.6 Å². The molecule has 0 aromatic rings. The molecular weight excluding hydrogens is 162 g/mol. The Morgan fingerprint density at radius 3 is 2.20 bits per heavy atom. The molecule has 0 amide bonds. The predicted molar refractivity (Wildman–Crippen MR) is 36.4 cm³/mol. The van der Waals surface area contributed by atoms with Gasteiger partial charge in [0.25, 0.3) is 0 Å². The van der Waals surface area contributed by atoms with Crippen molar-refractivity contribution in [2.45, 2.75) is 31.8 Å². The molecule has 0 heterocycles. The first-order valence-corrected chi connectivity index (χ1v) is 3.76. The van der Waals surface area contributed by atoms with E-state index in [1.807, 2.05) is 0 Å². The van der Waals surface area contributed by atoms with Gasteiger partial charge in [-0.3, -0.25) is 0 Å². The summed E-state index contributed by atoms with van der Waals surface area (Å²) in [6.07, 6.45) is -2.23. The fourth-order valence-corrected chi connectivity index (χ4v) is 0.798. The van der Waals surface area contributed by atoms with Crippen molar-refractivity contribution in [3.63, 3.8) is 0 Å². The van der Waals surface area contributed by atoms with Gasteiger partial charge in [-0.25, -0.2) is 0 Å². The third kappa shape index (κ3) is 8.11. The first-order valence-electron chi connectivity index (χ1n) is 3.22. The van der Waals surface area contributed by atoms with Gasteiger partial charge in [-0.1, -0.05) is 6.42 Å². The minimum Gasteiger partial charge on any atom is -0.336 e. The second-order valence-electron chi connectivity index (χ2n) is 2.17. The summed E-state index contributed by atoms with van der Waals surface area (Å²) in [4.78, 5) is 0. The normalized spacial score (nSPS) is 12.0. The zero-order chi connectivity index (χ0) is 8.04. The molecular formula is C6H11ClF2O. The van der Waals surface area contributed by atoms with Crippen molar-refractivity contribution in [1.29, 1.82) is 0 Å². The van der Waals surface area contributed by atoms with Crippen LogP contribution >= 0.6 is 11.6 Å². The largest absolute Gasteiger partial charge is 0.353 e. The lowest BCUT2D eigenvalue weighted by Gasteiger charge is -2.06. The van der Waals surface area contributed by atoms with Crippen LogP contribution in [0.1, 0.15) is 25.7 Å². The van der Waals surface area contributed by atoms with Crippen LogP contribution in [-0.2, 0) is 0 Å². The van der Waals surface area contributed by atoms with Gasteiger partial charge in [0, 0.05) is 12.3 Å². The summed E-state index contributed by atoms with van der Waals surface area (Å²) in [5.74, 6) is 0.497. The first kappa shape index (κ1) is 10.1. The van der Waals surface area contributed by atoms with Gasteiger partial charge in [-0.05, 0) is 12.8 Å². The van der Waals surface area contributed by atoms with E-state index in [0.29, 0.717) is 18.7 Å². The van der Waals surface area contributed by atoms with E-state index in [-0.39, 0.29) is 0 Å². The fraction of sp³-hybridized carbons (Fsp3) is 1.00. The monoisotopic (exact) mass is 172 g/mol. The molecule has 0 aromatic carbocycles. The van der Waals surface area contributed by atoms with Crippen molar-refractivity contribution in [2.75, 3.05) is 5.88 Å². The van der Waals surface area contributed by atoms with E-state index in [1.165, 1.54) is 0 Å². The maximum absolute atomic E-state index is 11.7. The molecule has 0 bridgehead atoms. The summed E-state index contributed by atoms with van der Waals surface area (Å²) in [5.41, 5.74) is 0. The van der Waals surface area contributed by atoms with E-state index in [1.54, 1.807) is 0 Å². The van der Waals surface area contributed by atoms with Gasteiger partial charge < -0.3 is 5.11 Å². The Hall–Kier alpha value is 0.110. The van der Waals surface area contributed by atoms with Crippen molar-refractivity contribution in [2.24, 2.45) is 0 Å². The number of aliphatic hydroxyl groups is 1. The lowest BCUT2D eigenvalue weighted by molar-refractivity contribution is -0.203. The van der Waals surface area contributed by atoms with Gasteiger partial charge in [-0.15, -0.1) is 11.6 Å². The van der Waals surface area contributed by atoms with Crippen molar-refractivity contribution in [3.05, 3.63) is 0 Å². The van der Waals surface area contributed by atoms with Crippen LogP contribution in [0.25, 0.3) is 0 Å². The molecule has 0 aromatic heterocycles. The van der Waals surface area contributed by atoms with Crippen molar-refractivity contribution in [1.82, 2.24) is 0 Å². The molecule has 0 aliphatic carbocycles. The zero-order valence-corrected chi connectivity index (χ0v) is 6.37. The average molecular weight is 173 g/mol. The third-order valence-corrected chi connectivity index (χ3v) is 1.38. The molecule has 0 saturated carbocycles. The molecule has 0 fully saturated rings. The number of rotatable bonds is 5. The highest BCUT2D eigenvalue weighted by Gasteiger charge is 2.22. The number of alkyl halides is 3. The zero-order valence-electron chi connectivity index (χ0n) is 5.62. The summed E-state index contributed by atoms with van der Waals surface area (Å²) >= 11 is 5.30. The van der Waals surface area contributed by atoms with Crippen LogP contribution in [0.2, 0.25) is 0 Å². The molecule has 0 aliphatic rings. The number of hydrogen-bond acceptors (Lipinski definition) is 1. The first-order chi connectivity index (χ1) is 4.56. The molecule has 0 aliphatic heterocycles. The van der Waals surface area contributed by atoms with Gasteiger partial charge >= 0.3 is 6.11 Å². The van der Waals surface area contributed by atoms with E-state index in [2.05, 4.69) is 0 Å². The maximum Gasteiger partial charge on any atom is 0.353 e. The molecule has 62 valence electrons. The molecule has 0 unspecified atom stereocenters. The molecule has 0 rings (SSSR count). The van der Waals surface area contributed by atoms with Crippen LogP contribution in [0.3, 0.4) is 0 Å². The van der Waals surface area contributed by atoms with Gasteiger partial charge in [0.2, 0.25) is 0 Å². The Morgan fingerprint density at radius 2 is 1.80 bits per heavy atom. The highest BCUT2D eigenvalue weighted by molar-refractivity contribution is 6.17. The van der Waals surface area contributed by atoms with E-state index in [4.69, 9.17) is 16.7 Å². The molecule has 0 spiro atoms. The van der Waals surface area contributed by atoms with Gasteiger partial charge in [0.15, 0.2) is 0 Å². The Balaban J connectivity index is 3.04. The van der Waals surface area contributed by atoms with E-state index in [9.17, 15) is 8.78 Å². The highest BCUT2D eigenvalue weighted by Crippen LogP contribution is 2.17.